The molecule has 0 atom stereocenters. The Labute approximate surface area is 63.2 Å². The van der Waals surface area contributed by atoms with Crippen LogP contribution in [0.15, 0.2) is 10.6 Å². The Hall–Kier alpha value is -1.52. The molecule has 1 aromatic rings. The zero-order valence-corrected chi connectivity index (χ0v) is 6.24. The quantitative estimate of drug-likeness (QED) is 0.672. The second-order valence-electron chi connectivity index (χ2n) is 2.25. The molecule has 60 valence electrons. The minimum Gasteiger partial charge on any atom is -0.476 e. The molecule has 1 heterocycles. The van der Waals surface area contributed by atoms with Crippen LogP contribution in [-0.2, 0) is 0 Å². The molecule has 0 fully saturated rings. The Balaban J connectivity index is 2.90. The van der Waals surface area contributed by atoms with E-state index < -0.39 is 5.97 Å². The second kappa shape index (κ2) is 2.61. The highest BCUT2D eigenvalue weighted by atomic mass is 16.5. The number of carbonyl (C=O) groups is 1. The first-order valence-electron chi connectivity index (χ1n) is 2.98. The third kappa shape index (κ3) is 1.49. The number of carboxylic acids is 1. The van der Waals surface area contributed by atoms with Crippen molar-refractivity contribution >= 4 is 11.9 Å². The number of rotatable bonds is 2. The largest absolute Gasteiger partial charge is 0.476 e. The highest BCUT2D eigenvalue weighted by Crippen LogP contribution is 2.11. The lowest BCUT2D eigenvalue weighted by Gasteiger charge is -2.03. The Morgan fingerprint density at radius 2 is 2.36 bits per heavy atom. The monoisotopic (exact) mass is 156 g/mol. The fraction of sp³-hybridized carbons (Fsp3) is 0.333. The zero-order chi connectivity index (χ0) is 8.43. The molecule has 0 aliphatic carbocycles. The van der Waals surface area contributed by atoms with Crippen LogP contribution in [-0.4, -0.2) is 30.3 Å². The summed E-state index contributed by atoms with van der Waals surface area (Å²) in [5.41, 5.74) is -0.0753. The van der Waals surface area contributed by atoms with Crippen LogP contribution in [0.4, 0.5) is 5.88 Å². The molecule has 0 aliphatic heterocycles. The van der Waals surface area contributed by atoms with E-state index in [1.165, 1.54) is 6.07 Å². The van der Waals surface area contributed by atoms with Gasteiger partial charge in [0.15, 0.2) is 5.69 Å². The first-order valence-corrected chi connectivity index (χ1v) is 2.98. The summed E-state index contributed by atoms with van der Waals surface area (Å²) in [6.45, 7) is 0. The van der Waals surface area contributed by atoms with Gasteiger partial charge in [-0.05, 0) is 0 Å². The summed E-state index contributed by atoms with van der Waals surface area (Å²) in [7, 11) is 3.48. The predicted molar refractivity (Wildman–Crippen MR) is 37.8 cm³/mol. The maximum Gasteiger partial charge on any atom is 0.358 e. The summed E-state index contributed by atoms with van der Waals surface area (Å²) < 4.78 is 4.68. The minimum atomic E-state index is -1.08. The van der Waals surface area contributed by atoms with E-state index in [1.54, 1.807) is 19.0 Å². The van der Waals surface area contributed by atoms with Gasteiger partial charge in [0.2, 0.25) is 5.88 Å². The molecule has 11 heavy (non-hydrogen) atoms. The molecule has 1 N–H and O–H groups in total. The molecule has 0 saturated carbocycles. The maximum absolute atomic E-state index is 10.3. The maximum atomic E-state index is 10.3. The van der Waals surface area contributed by atoms with E-state index in [1.807, 2.05) is 0 Å². The normalized spacial score (nSPS) is 9.64. The van der Waals surface area contributed by atoms with Gasteiger partial charge >= 0.3 is 5.97 Å². The van der Waals surface area contributed by atoms with E-state index in [4.69, 9.17) is 5.11 Å². The van der Waals surface area contributed by atoms with Gasteiger partial charge in [-0.25, -0.2) is 4.79 Å². The van der Waals surface area contributed by atoms with Crippen LogP contribution in [0.2, 0.25) is 0 Å². The Bertz CT molecular complexity index is 267. The second-order valence-corrected chi connectivity index (χ2v) is 2.25. The Morgan fingerprint density at radius 3 is 2.64 bits per heavy atom. The van der Waals surface area contributed by atoms with Gasteiger partial charge in [0.1, 0.15) is 0 Å². The first-order chi connectivity index (χ1) is 5.11. The van der Waals surface area contributed by atoms with Crippen LogP contribution in [0.1, 0.15) is 10.5 Å². The lowest BCUT2D eigenvalue weighted by molar-refractivity contribution is 0.0686. The molecule has 0 saturated heterocycles. The van der Waals surface area contributed by atoms with Gasteiger partial charge in [-0.15, -0.1) is 0 Å². The van der Waals surface area contributed by atoms with Crippen LogP contribution in [0.5, 0.6) is 0 Å². The molecule has 1 rings (SSSR count). The molecule has 0 aliphatic rings. The smallest absolute Gasteiger partial charge is 0.358 e. The van der Waals surface area contributed by atoms with Gasteiger partial charge in [-0.1, -0.05) is 5.16 Å². The fourth-order valence-electron chi connectivity index (χ4n) is 0.577. The van der Waals surface area contributed by atoms with E-state index in [9.17, 15) is 4.79 Å². The molecular formula is C6H8N2O3. The first kappa shape index (κ1) is 7.59. The van der Waals surface area contributed by atoms with Crippen LogP contribution >= 0.6 is 0 Å². The van der Waals surface area contributed by atoms with E-state index in [2.05, 4.69) is 9.68 Å². The van der Waals surface area contributed by atoms with E-state index >= 15 is 0 Å². The average Bonchev–Trinajstić information content (AvgIpc) is 2.33. The molecule has 0 spiro atoms. The summed E-state index contributed by atoms with van der Waals surface area (Å²) in [5, 5.41) is 11.8. The molecule has 5 heteroatoms. The summed E-state index contributed by atoms with van der Waals surface area (Å²) in [6, 6.07) is 1.36. The van der Waals surface area contributed by atoms with Gasteiger partial charge in [0.25, 0.3) is 0 Å². The number of aromatic carboxylic acids is 1. The number of carboxylic acid groups (broad SMARTS) is 1. The summed E-state index contributed by atoms with van der Waals surface area (Å²) in [4.78, 5) is 11.9. The van der Waals surface area contributed by atoms with E-state index in [0.29, 0.717) is 5.88 Å². The molecule has 0 amide bonds. The molecule has 0 radical (unpaired) electrons. The van der Waals surface area contributed by atoms with Crippen molar-refractivity contribution in [3.63, 3.8) is 0 Å². The molecular weight excluding hydrogens is 148 g/mol. The lowest BCUT2D eigenvalue weighted by Crippen LogP contribution is -2.07. The van der Waals surface area contributed by atoms with Gasteiger partial charge in [0.05, 0.1) is 0 Å². The number of aromatic nitrogens is 1. The van der Waals surface area contributed by atoms with E-state index in [0.717, 1.165) is 0 Å². The summed E-state index contributed by atoms with van der Waals surface area (Å²) >= 11 is 0. The van der Waals surface area contributed by atoms with Crippen LogP contribution in [0.25, 0.3) is 0 Å². The van der Waals surface area contributed by atoms with Crippen molar-refractivity contribution < 1.29 is 14.4 Å². The molecule has 1 aromatic heterocycles. The molecule has 0 bridgehead atoms. The standard InChI is InChI=1S/C6H8N2O3/c1-8(2)5-3-4(6(9)10)7-11-5/h3H,1-2H3,(H,9,10). The molecule has 5 nitrogen and oxygen atoms in total. The third-order valence-electron chi connectivity index (χ3n) is 1.16. The number of hydrogen-bond donors (Lipinski definition) is 1. The Morgan fingerprint density at radius 1 is 1.73 bits per heavy atom. The minimum absolute atomic E-state index is 0.0753. The third-order valence-corrected chi connectivity index (χ3v) is 1.16. The topological polar surface area (TPSA) is 66.6 Å². The van der Waals surface area contributed by atoms with Crippen LogP contribution in [0, 0.1) is 0 Å². The van der Waals surface area contributed by atoms with Gasteiger partial charge in [-0.3, -0.25) is 0 Å². The van der Waals surface area contributed by atoms with Gasteiger partial charge < -0.3 is 14.5 Å². The Kier molecular flexibility index (Phi) is 1.80. The van der Waals surface area contributed by atoms with Crippen molar-refractivity contribution in [1.29, 1.82) is 0 Å². The van der Waals surface area contributed by atoms with Crippen molar-refractivity contribution in [2.45, 2.75) is 0 Å². The summed E-state index contributed by atoms with van der Waals surface area (Å²) in [6.07, 6.45) is 0. The van der Waals surface area contributed by atoms with Crippen LogP contribution < -0.4 is 4.90 Å². The molecule has 0 unspecified atom stereocenters. The van der Waals surface area contributed by atoms with Crippen molar-refractivity contribution in [2.24, 2.45) is 0 Å². The van der Waals surface area contributed by atoms with Crippen molar-refractivity contribution in [2.75, 3.05) is 19.0 Å². The van der Waals surface area contributed by atoms with Crippen molar-refractivity contribution in [3.8, 4) is 0 Å². The highest BCUT2D eigenvalue weighted by molar-refractivity contribution is 5.85. The van der Waals surface area contributed by atoms with E-state index in [-0.39, 0.29) is 5.69 Å². The van der Waals surface area contributed by atoms with Crippen molar-refractivity contribution in [1.82, 2.24) is 5.16 Å². The lowest BCUT2D eigenvalue weighted by atomic mass is 10.4. The zero-order valence-electron chi connectivity index (χ0n) is 6.24. The fourth-order valence-corrected chi connectivity index (χ4v) is 0.577. The number of nitrogens with zero attached hydrogens (tertiary/aromatic N) is 2. The van der Waals surface area contributed by atoms with Crippen molar-refractivity contribution in [3.05, 3.63) is 11.8 Å². The predicted octanol–water partition coefficient (Wildman–Crippen LogP) is 0.439. The molecule has 0 aromatic carbocycles. The van der Waals surface area contributed by atoms with Crippen LogP contribution in [0.3, 0.4) is 0 Å². The highest BCUT2D eigenvalue weighted by Gasteiger charge is 2.10. The van der Waals surface area contributed by atoms with Gasteiger partial charge in [0, 0.05) is 20.2 Å². The van der Waals surface area contributed by atoms with Gasteiger partial charge in [-0.2, -0.15) is 0 Å². The SMILES string of the molecule is CN(C)c1cc(C(=O)O)no1. The average molecular weight is 156 g/mol. The number of hydrogen-bond acceptors (Lipinski definition) is 4. The summed E-state index contributed by atoms with van der Waals surface area (Å²) in [5.74, 6) is -0.649. The number of anilines is 1.